The van der Waals surface area contributed by atoms with Crippen molar-refractivity contribution in [3.8, 4) is 6.13 Å². The van der Waals surface area contributed by atoms with Crippen LogP contribution < -0.4 is 0 Å². The zero-order chi connectivity index (χ0) is 4.28. The molecule has 0 saturated carbocycles. The van der Waals surface area contributed by atoms with E-state index in [9.17, 15) is 4.20 Å². The largest absolute Gasteiger partial charge is 0.307 e. The van der Waals surface area contributed by atoms with Crippen molar-refractivity contribution in [2.45, 2.75) is 0 Å². The summed E-state index contributed by atoms with van der Waals surface area (Å²) in [6, 6.07) is 0. The molecule has 5 heavy (non-hydrogen) atoms. The molecule has 0 N–H and O–H groups in total. The van der Waals surface area contributed by atoms with Crippen LogP contribution in [0.5, 0.6) is 0 Å². The standard InChI is InChI=1S/C2H4FOP/c1-4-5(2)3/h2H,1H3. The summed E-state index contributed by atoms with van der Waals surface area (Å²) in [6.07, 6.45) is 4.47. The first-order valence-corrected chi connectivity index (χ1v) is 2.24. The maximum atomic E-state index is 11.1. The van der Waals surface area contributed by atoms with Crippen molar-refractivity contribution in [2.75, 3.05) is 7.11 Å². The number of hydrogen-bond acceptors (Lipinski definition) is 1. The molecule has 0 aromatic carbocycles. The van der Waals surface area contributed by atoms with E-state index in [1.54, 1.807) is 0 Å². The van der Waals surface area contributed by atoms with Gasteiger partial charge in [-0.2, -0.15) is 4.20 Å². The third-order valence-corrected chi connectivity index (χ3v) is 0.523. The lowest BCUT2D eigenvalue weighted by Gasteiger charge is -1.75. The predicted octanol–water partition coefficient (Wildman–Crippen LogP) is 1.50. The van der Waals surface area contributed by atoms with Crippen LogP contribution in [-0.4, -0.2) is 7.11 Å². The van der Waals surface area contributed by atoms with Crippen LogP contribution in [0.25, 0.3) is 0 Å². The van der Waals surface area contributed by atoms with Gasteiger partial charge in [0.15, 0.2) is 0 Å². The molecule has 0 heterocycles. The van der Waals surface area contributed by atoms with Crippen molar-refractivity contribution < 1.29 is 8.72 Å². The number of hydrogen-bond donors (Lipinski definition) is 0. The number of halogens is 1. The molecule has 0 aliphatic heterocycles. The van der Waals surface area contributed by atoms with Gasteiger partial charge in [0.2, 0.25) is 7.91 Å². The fraction of sp³-hybridized carbons (Fsp3) is 0.500. The SMILES string of the molecule is C#P(F)OC. The fourth-order valence-corrected chi connectivity index (χ4v) is 0. The molecule has 0 bridgehead atoms. The minimum absolute atomic E-state index is 1.23. The van der Waals surface area contributed by atoms with Crippen molar-refractivity contribution in [3.63, 3.8) is 0 Å². The van der Waals surface area contributed by atoms with E-state index in [1.165, 1.54) is 7.11 Å². The first-order valence-electron chi connectivity index (χ1n) is 1.02. The lowest BCUT2D eigenvalue weighted by Crippen LogP contribution is -1.48. The van der Waals surface area contributed by atoms with Crippen LogP contribution >= 0.6 is 7.91 Å². The average molecular weight is 94.0 g/mol. The Morgan fingerprint density at radius 1 is 2.00 bits per heavy atom. The molecule has 0 fully saturated rings. The topological polar surface area (TPSA) is 9.23 Å². The first kappa shape index (κ1) is 4.97. The smallest absolute Gasteiger partial charge is 0.215 e. The molecule has 0 aliphatic rings. The zero-order valence-electron chi connectivity index (χ0n) is 2.81. The van der Waals surface area contributed by atoms with E-state index in [4.69, 9.17) is 0 Å². The molecule has 1 atom stereocenters. The van der Waals surface area contributed by atoms with Crippen molar-refractivity contribution in [1.82, 2.24) is 0 Å². The van der Waals surface area contributed by atoms with Crippen LogP contribution in [0.3, 0.4) is 0 Å². The molecule has 0 aliphatic carbocycles. The van der Waals surface area contributed by atoms with Crippen LogP contribution in [0.2, 0.25) is 0 Å². The normalized spacial score (nSPS) is 11.0. The Morgan fingerprint density at radius 2 is 2.20 bits per heavy atom. The van der Waals surface area contributed by atoms with E-state index in [1.807, 2.05) is 0 Å². The van der Waals surface area contributed by atoms with Crippen LogP contribution in [0.15, 0.2) is 0 Å². The summed E-state index contributed by atoms with van der Waals surface area (Å²) in [7, 11) is -0.870. The van der Waals surface area contributed by atoms with Crippen molar-refractivity contribution in [1.29, 1.82) is 0 Å². The molecular formula is C2H4FOP. The van der Waals surface area contributed by atoms with E-state index in [0.29, 0.717) is 0 Å². The average Bonchev–Trinajstić information content (AvgIpc) is 1.38. The molecule has 0 saturated heterocycles. The molecule has 0 aromatic rings. The summed E-state index contributed by atoms with van der Waals surface area (Å²) in [5, 5.41) is 0. The van der Waals surface area contributed by atoms with Gasteiger partial charge in [0.05, 0.1) is 0 Å². The summed E-state index contributed by atoms with van der Waals surface area (Å²) in [5.74, 6) is 0. The summed E-state index contributed by atoms with van der Waals surface area (Å²) in [6.45, 7) is 0. The van der Waals surface area contributed by atoms with Crippen LogP contribution in [-0.2, 0) is 4.52 Å². The summed E-state index contributed by atoms with van der Waals surface area (Å²) in [4.78, 5) is 0. The molecule has 30 valence electrons. The highest BCUT2D eigenvalue weighted by Gasteiger charge is 1.68. The summed E-state index contributed by atoms with van der Waals surface area (Å²) in [5.41, 5.74) is 0. The maximum absolute atomic E-state index is 11.1. The lowest BCUT2D eigenvalue weighted by atomic mass is 11.8. The molecule has 0 amide bonds. The molecule has 0 spiro atoms. The van der Waals surface area contributed by atoms with Gasteiger partial charge in [-0.1, -0.05) is 6.13 Å². The third kappa shape index (κ3) is 3.97. The summed E-state index contributed by atoms with van der Waals surface area (Å²) < 4.78 is 15.0. The quantitative estimate of drug-likeness (QED) is 0.413. The Bertz CT molecular complexity index is 71.5. The minimum atomic E-state index is -2.10. The minimum Gasteiger partial charge on any atom is -0.307 e. The molecule has 3 heteroatoms. The van der Waals surface area contributed by atoms with E-state index >= 15 is 0 Å². The third-order valence-electron chi connectivity index (χ3n) is 0.174. The van der Waals surface area contributed by atoms with Gasteiger partial charge in [0, 0.05) is 7.11 Å². The monoisotopic (exact) mass is 94.0 g/mol. The molecule has 0 radical (unpaired) electrons. The Hall–Kier alpha value is -0.0300. The lowest BCUT2D eigenvalue weighted by molar-refractivity contribution is 0.446. The van der Waals surface area contributed by atoms with Gasteiger partial charge < -0.3 is 4.52 Å². The molecule has 0 rings (SSSR count). The Kier molecular flexibility index (Phi) is 2.21. The second kappa shape index (κ2) is 2.22. The second-order valence-corrected chi connectivity index (χ2v) is 1.36. The van der Waals surface area contributed by atoms with Crippen molar-refractivity contribution in [2.24, 2.45) is 0 Å². The molecule has 0 aromatic heterocycles. The van der Waals surface area contributed by atoms with E-state index in [0.717, 1.165) is 0 Å². The molecule has 1 unspecified atom stereocenters. The van der Waals surface area contributed by atoms with Crippen LogP contribution in [0, 0.1) is 6.13 Å². The van der Waals surface area contributed by atoms with E-state index in [2.05, 4.69) is 10.7 Å². The Morgan fingerprint density at radius 3 is 2.20 bits per heavy atom. The van der Waals surface area contributed by atoms with Gasteiger partial charge >= 0.3 is 0 Å². The highest BCUT2D eigenvalue weighted by atomic mass is 31.1. The Balaban J connectivity index is 2.97. The fourth-order valence-electron chi connectivity index (χ4n) is 0. The van der Waals surface area contributed by atoms with Gasteiger partial charge in [0.1, 0.15) is 0 Å². The van der Waals surface area contributed by atoms with Gasteiger partial charge in [-0.15, -0.1) is 0 Å². The Labute approximate surface area is 31.0 Å². The predicted molar refractivity (Wildman–Crippen MR) is 20.0 cm³/mol. The highest BCUT2D eigenvalue weighted by Crippen LogP contribution is 2.15. The summed E-state index contributed by atoms with van der Waals surface area (Å²) >= 11 is 0. The highest BCUT2D eigenvalue weighted by molar-refractivity contribution is 7.34. The van der Waals surface area contributed by atoms with Gasteiger partial charge in [-0.05, 0) is 0 Å². The van der Waals surface area contributed by atoms with Crippen LogP contribution in [0.4, 0.5) is 4.20 Å². The van der Waals surface area contributed by atoms with E-state index < -0.39 is 7.91 Å². The van der Waals surface area contributed by atoms with Crippen LogP contribution in [0.1, 0.15) is 0 Å². The first-order chi connectivity index (χ1) is 2.27. The van der Waals surface area contributed by atoms with E-state index in [-0.39, 0.29) is 0 Å². The van der Waals surface area contributed by atoms with Gasteiger partial charge in [-0.3, -0.25) is 0 Å². The van der Waals surface area contributed by atoms with Gasteiger partial charge in [-0.25, -0.2) is 0 Å². The maximum Gasteiger partial charge on any atom is 0.215 e. The zero-order valence-corrected chi connectivity index (χ0v) is 3.71. The molecular weight excluding hydrogens is 90.0 g/mol. The van der Waals surface area contributed by atoms with Crippen molar-refractivity contribution >= 4 is 7.91 Å². The second-order valence-electron chi connectivity index (χ2n) is 0.455. The molecule has 1 nitrogen and oxygen atoms in total. The van der Waals surface area contributed by atoms with Gasteiger partial charge in [0.25, 0.3) is 0 Å². The number of rotatable bonds is 0. The van der Waals surface area contributed by atoms with Crippen molar-refractivity contribution in [3.05, 3.63) is 0 Å².